The second-order valence-electron chi connectivity index (χ2n) is 4.90. The maximum atomic E-state index is 10.2. The molecule has 0 spiro atoms. The fraction of sp³-hybridized carbons (Fsp3) is 0.714. The largest absolute Gasteiger partial charge is 0.388 e. The molecule has 19 heavy (non-hydrogen) atoms. The van der Waals surface area contributed by atoms with E-state index < -0.39 is 5.60 Å². The van der Waals surface area contributed by atoms with Gasteiger partial charge in [-0.2, -0.15) is 0 Å². The van der Waals surface area contributed by atoms with Crippen LogP contribution in [-0.4, -0.2) is 33.8 Å². The lowest BCUT2D eigenvalue weighted by molar-refractivity contribution is 0.0456. The molecule has 1 aromatic rings. The maximum absolute atomic E-state index is 10.2. The molecule has 0 aliphatic carbocycles. The van der Waals surface area contributed by atoms with Crippen molar-refractivity contribution in [2.24, 2.45) is 0 Å². The molecule has 1 aromatic heterocycles. The van der Waals surface area contributed by atoms with Crippen LogP contribution in [-0.2, 0) is 0 Å². The highest BCUT2D eigenvalue weighted by atomic mass is 16.3. The van der Waals surface area contributed by atoms with Gasteiger partial charge in [-0.1, -0.05) is 20.8 Å². The summed E-state index contributed by atoms with van der Waals surface area (Å²) in [5.74, 6) is 2.31. The van der Waals surface area contributed by atoms with E-state index in [1.54, 1.807) is 0 Å². The standard InChI is InChI=1S/C14H26N4O/c1-5-8-15-12-9-13(18-11(4)17-12)16-10-14(19,6-2)7-3/h9,19H,5-8,10H2,1-4H3,(H2,15,16,17,18). The molecule has 0 saturated carbocycles. The van der Waals surface area contributed by atoms with E-state index in [1.807, 2.05) is 26.8 Å². The topological polar surface area (TPSA) is 70.1 Å². The van der Waals surface area contributed by atoms with Crippen molar-refractivity contribution < 1.29 is 5.11 Å². The molecule has 0 aromatic carbocycles. The van der Waals surface area contributed by atoms with Gasteiger partial charge in [-0.05, 0) is 26.2 Å². The molecule has 1 rings (SSSR count). The summed E-state index contributed by atoms with van der Waals surface area (Å²) < 4.78 is 0. The smallest absolute Gasteiger partial charge is 0.131 e. The molecule has 0 aliphatic rings. The third-order valence-electron chi connectivity index (χ3n) is 3.31. The molecule has 1 heterocycles. The van der Waals surface area contributed by atoms with Crippen molar-refractivity contribution in [2.75, 3.05) is 23.7 Å². The van der Waals surface area contributed by atoms with Crippen molar-refractivity contribution in [1.82, 2.24) is 9.97 Å². The van der Waals surface area contributed by atoms with Gasteiger partial charge in [0.1, 0.15) is 17.5 Å². The molecule has 0 atom stereocenters. The number of hydrogen-bond donors (Lipinski definition) is 3. The third-order valence-corrected chi connectivity index (χ3v) is 3.31. The SMILES string of the molecule is CCCNc1cc(NCC(O)(CC)CC)nc(C)n1. The van der Waals surface area contributed by atoms with Crippen LogP contribution in [0.25, 0.3) is 0 Å². The molecule has 108 valence electrons. The first-order valence-electron chi connectivity index (χ1n) is 7.08. The Bertz CT molecular complexity index is 391. The van der Waals surface area contributed by atoms with Gasteiger partial charge in [-0.3, -0.25) is 0 Å². The summed E-state index contributed by atoms with van der Waals surface area (Å²) in [4.78, 5) is 8.67. The fourth-order valence-electron chi connectivity index (χ4n) is 1.76. The molecule has 0 saturated heterocycles. The van der Waals surface area contributed by atoms with Gasteiger partial charge in [0.15, 0.2) is 0 Å². The third kappa shape index (κ3) is 5.03. The minimum atomic E-state index is -0.671. The van der Waals surface area contributed by atoms with Gasteiger partial charge >= 0.3 is 0 Å². The zero-order valence-electron chi connectivity index (χ0n) is 12.5. The summed E-state index contributed by atoms with van der Waals surface area (Å²) in [6.07, 6.45) is 2.50. The molecule has 0 aliphatic heterocycles. The summed E-state index contributed by atoms with van der Waals surface area (Å²) in [5, 5.41) is 16.7. The highest BCUT2D eigenvalue weighted by Crippen LogP contribution is 2.17. The van der Waals surface area contributed by atoms with Crippen molar-refractivity contribution in [3.63, 3.8) is 0 Å². The van der Waals surface area contributed by atoms with Crippen molar-refractivity contribution >= 4 is 11.6 Å². The maximum Gasteiger partial charge on any atom is 0.131 e. The average Bonchev–Trinajstić information content (AvgIpc) is 2.42. The quantitative estimate of drug-likeness (QED) is 0.674. The number of rotatable bonds is 8. The van der Waals surface area contributed by atoms with Gasteiger partial charge in [-0.25, -0.2) is 9.97 Å². The van der Waals surface area contributed by atoms with Crippen LogP contribution < -0.4 is 10.6 Å². The lowest BCUT2D eigenvalue weighted by Crippen LogP contribution is -2.35. The fourth-order valence-corrected chi connectivity index (χ4v) is 1.76. The Balaban J connectivity index is 2.70. The Hall–Kier alpha value is -1.36. The van der Waals surface area contributed by atoms with Crippen molar-refractivity contribution in [3.8, 4) is 0 Å². The van der Waals surface area contributed by atoms with Gasteiger partial charge in [0.2, 0.25) is 0 Å². The van der Waals surface area contributed by atoms with Crippen molar-refractivity contribution in [3.05, 3.63) is 11.9 Å². The normalized spacial score (nSPS) is 11.4. The molecular weight excluding hydrogens is 240 g/mol. The number of nitrogens with zero attached hydrogens (tertiary/aromatic N) is 2. The lowest BCUT2D eigenvalue weighted by Gasteiger charge is -2.25. The minimum absolute atomic E-state index is 0.504. The number of aryl methyl sites for hydroxylation is 1. The Labute approximate surface area is 115 Å². The molecule has 0 bridgehead atoms. The van der Waals surface area contributed by atoms with E-state index in [1.165, 1.54) is 0 Å². The van der Waals surface area contributed by atoms with Crippen LogP contribution in [0.1, 0.15) is 45.9 Å². The van der Waals surface area contributed by atoms with Crippen LogP contribution in [0.5, 0.6) is 0 Å². The summed E-state index contributed by atoms with van der Waals surface area (Å²) >= 11 is 0. The van der Waals surface area contributed by atoms with E-state index in [0.29, 0.717) is 6.54 Å². The highest BCUT2D eigenvalue weighted by molar-refractivity contribution is 5.47. The Kier molecular flexibility index (Phi) is 6.02. The van der Waals surface area contributed by atoms with E-state index in [-0.39, 0.29) is 0 Å². The lowest BCUT2D eigenvalue weighted by atomic mass is 9.98. The number of aromatic nitrogens is 2. The Morgan fingerprint density at radius 1 is 1.11 bits per heavy atom. The second-order valence-corrected chi connectivity index (χ2v) is 4.90. The van der Waals surface area contributed by atoms with Crippen LogP contribution >= 0.6 is 0 Å². The van der Waals surface area contributed by atoms with Gasteiger partial charge in [0.25, 0.3) is 0 Å². The van der Waals surface area contributed by atoms with E-state index in [2.05, 4.69) is 27.5 Å². The average molecular weight is 266 g/mol. The predicted octanol–water partition coefficient (Wildman–Crippen LogP) is 2.57. The second kappa shape index (κ2) is 7.28. The molecule has 5 heteroatoms. The number of hydrogen-bond acceptors (Lipinski definition) is 5. The van der Waals surface area contributed by atoms with Crippen molar-refractivity contribution in [1.29, 1.82) is 0 Å². The van der Waals surface area contributed by atoms with E-state index in [0.717, 1.165) is 43.3 Å². The summed E-state index contributed by atoms with van der Waals surface area (Å²) in [6, 6.07) is 1.88. The number of nitrogens with one attached hydrogen (secondary N) is 2. The van der Waals surface area contributed by atoms with Gasteiger partial charge < -0.3 is 15.7 Å². The molecule has 0 amide bonds. The van der Waals surface area contributed by atoms with E-state index in [4.69, 9.17) is 0 Å². The minimum Gasteiger partial charge on any atom is -0.388 e. The molecule has 0 radical (unpaired) electrons. The Morgan fingerprint density at radius 2 is 1.68 bits per heavy atom. The van der Waals surface area contributed by atoms with Crippen LogP contribution in [0.15, 0.2) is 6.07 Å². The number of anilines is 2. The van der Waals surface area contributed by atoms with Crippen LogP contribution in [0.2, 0.25) is 0 Å². The van der Waals surface area contributed by atoms with Crippen LogP contribution in [0.3, 0.4) is 0 Å². The Morgan fingerprint density at radius 3 is 2.21 bits per heavy atom. The zero-order chi connectivity index (χ0) is 14.3. The zero-order valence-corrected chi connectivity index (χ0v) is 12.5. The van der Waals surface area contributed by atoms with Crippen LogP contribution in [0, 0.1) is 6.92 Å². The van der Waals surface area contributed by atoms with Gasteiger partial charge in [0.05, 0.1) is 5.60 Å². The molecule has 0 unspecified atom stereocenters. The predicted molar refractivity (Wildman–Crippen MR) is 79.6 cm³/mol. The highest BCUT2D eigenvalue weighted by Gasteiger charge is 2.21. The molecule has 0 fully saturated rings. The summed E-state index contributed by atoms with van der Waals surface area (Å²) in [6.45, 7) is 9.36. The van der Waals surface area contributed by atoms with E-state index in [9.17, 15) is 5.11 Å². The molecular formula is C14H26N4O. The first kappa shape index (κ1) is 15.7. The number of aliphatic hydroxyl groups is 1. The first-order valence-corrected chi connectivity index (χ1v) is 7.08. The first-order chi connectivity index (χ1) is 9.03. The van der Waals surface area contributed by atoms with Crippen LogP contribution in [0.4, 0.5) is 11.6 Å². The van der Waals surface area contributed by atoms with Gasteiger partial charge in [-0.15, -0.1) is 0 Å². The molecule has 5 nitrogen and oxygen atoms in total. The summed E-state index contributed by atoms with van der Waals surface area (Å²) in [5.41, 5.74) is -0.671. The summed E-state index contributed by atoms with van der Waals surface area (Å²) in [7, 11) is 0. The van der Waals surface area contributed by atoms with Gasteiger partial charge in [0, 0.05) is 19.2 Å². The van der Waals surface area contributed by atoms with E-state index >= 15 is 0 Å². The molecule has 3 N–H and O–H groups in total. The van der Waals surface area contributed by atoms with Crippen molar-refractivity contribution in [2.45, 2.75) is 52.6 Å². The monoisotopic (exact) mass is 266 g/mol.